The fraction of sp³-hybridized carbons (Fsp3) is 0.556. The van der Waals surface area contributed by atoms with Gasteiger partial charge in [-0.15, -0.1) is 0 Å². The molecule has 0 bridgehead atoms. The molecular formula is C9H16N4O. The summed E-state index contributed by atoms with van der Waals surface area (Å²) in [5.74, 6) is 4.92. The van der Waals surface area contributed by atoms with Gasteiger partial charge in [-0.3, -0.25) is 10.2 Å². The van der Waals surface area contributed by atoms with E-state index in [9.17, 15) is 4.79 Å². The average Bonchev–Trinajstić information content (AvgIpc) is 2.50. The Morgan fingerprint density at radius 2 is 2.36 bits per heavy atom. The third kappa shape index (κ3) is 1.77. The first-order chi connectivity index (χ1) is 6.61. The second-order valence-corrected chi connectivity index (χ2v) is 3.26. The van der Waals surface area contributed by atoms with Crippen molar-refractivity contribution in [2.45, 2.75) is 33.2 Å². The summed E-state index contributed by atoms with van der Waals surface area (Å²) in [6, 6.07) is -0.263. The average molecular weight is 196 g/mol. The first-order valence-corrected chi connectivity index (χ1v) is 4.62. The van der Waals surface area contributed by atoms with Gasteiger partial charge in [-0.1, -0.05) is 6.92 Å². The highest BCUT2D eigenvalue weighted by atomic mass is 16.2. The summed E-state index contributed by atoms with van der Waals surface area (Å²) in [5, 5.41) is 0. The fourth-order valence-electron chi connectivity index (χ4n) is 1.43. The van der Waals surface area contributed by atoms with E-state index in [0.717, 1.165) is 11.4 Å². The number of carbonyl (C=O) groups excluding carboxylic acids is 1. The van der Waals surface area contributed by atoms with E-state index in [4.69, 9.17) is 5.84 Å². The Morgan fingerprint density at radius 1 is 1.71 bits per heavy atom. The van der Waals surface area contributed by atoms with Gasteiger partial charge in [0.25, 0.3) is 5.91 Å². The van der Waals surface area contributed by atoms with E-state index in [0.29, 0.717) is 6.42 Å². The minimum absolute atomic E-state index is 0.187. The van der Waals surface area contributed by atoms with Crippen molar-refractivity contribution in [2.75, 3.05) is 0 Å². The van der Waals surface area contributed by atoms with E-state index in [1.165, 1.54) is 0 Å². The molecule has 3 N–H and O–H groups in total. The van der Waals surface area contributed by atoms with Crippen molar-refractivity contribution < 1.29 is 4.79 Å². The predicted octanol–water partition coefficient (Wildman–Crippen LogP) is 0.441. The van der Waals surface area contributed by atoms with Crippen LogP contribution < -0.4 is 11.3 Å². The first kappa shape index (κ1) is 10.7. The van der Waals surface area contributed by atoms with Crippen molar-refractivity contribution in [1.29, 1.82) is 0 Å². The summed E-state index contributed by atoms with van der Waals surface area (Å²) in [4.78, 5) is 15.6. The van der Waals surface area contributed by atoms with Crippen LogP contribution in [0.25, 0.3) is 0 Å². The van der Waals surface area contributed by atoms with Crippen LogP contribution in [0.15, 0.2) is 6.33 Å². The molecule has 5 nitrogen and oxygen atoms in total. The summed E-state index contributed by atoms with van der Waals surface area (Å²) < 4.78 is 1.84. The lowest BCUT2D eigenvalue weighted by atomic mass is 10.2. The first-order valence-electron chi connectivity index (χ1n) is 4.62. The molecule has 1 heterocycles. The van der Waals surface area contributed by atoms with E-state index in [1.807, 2.05) is 25.3 Å². The number of hydrazine groups is 1. The Labute approximate surface area is 83.3 Å². The largest absolute Gasteiger partial charge is 0.322 e. The van der Waals surface area contributed by atoms with E-state index in [1.54, 1.807) is 6.33 Å². The number of hydrogen-bond acceptors (Lipinski definition) is 3. The number of rotatable bonds is 3. The van der Waals surface area contributed by atoms with Gasteiger partial charge in [0.1, 0.15) is 6.04 Å². The molecule has 78 valence electrons. The number of imidazole rings is 1. The van der Waals surface area contributed by atoms with E-state index in [-0.39, 0.29) is 11.9 Å². The van der Waals surface area contributed by atoms with Gasteiger partial charge in [0.15, 0.2) is 0 Å². The van der Waals surface area contributed by atoms with Crippen LogP contribution in [0.2, 0.25) is 0 Å². The Morgan fingerprint density at radius 3 is 2.71 bits per heavy atom. The molecule has 0 radical (unpaired) electrons. The molecule has 1 rings (SSSR count). The Kier molecular flexibility index (Phi) is 3.24. The molecule has 1 unspecified atom stereocenters. The normalized spacial score (nSPS) is 12.6. The monoisotopic (exact) mass is 196 g/mol. The minimum atomic E-state index is -0.263. The summed E-state index contributed by atoms with van der Waals surface area (Å²) in [6.45, 7) is 5.79. The zero-order valence-corrected chi connectivity index (χ0v) is 8.74. The van der Waals surface area contributed by atoms with Gasteiger partial charge < -0.3 is 4.57 Å². The SMILES string of the molecule is CCC(C(=O)NN)n1cnc(C)c1C. The smallest absolute Gasteiger partial charge is 0.256 e. The molecule has 0 fully saturated rings. The van der Waals surface area contributed by atoms with Crippen LogP contribution in [-0.4, -0.2) is 15.5 Å². The number of aromatic nitrogens is 2. The zero-order chi connectivity index (χ0) is 10.7. The maximum Gasteiger partial charge on any atom is 0.256 e. The van der Waals surface area contributed by atoms with Crippen molar-refractivity contribution in [2.24, 2.45) is 5.84 Å². The molecule has 0 spiro atoms. The number of carbonyl (C=O) groups is 1. The van der Waals surface area contributed by atoms with Crippen LogP contribution in [0.5, 0.6) is 0 Å². The van der Waals surface area contributed by atoms with Gasteiger partial charge in [-0.05, 0) is 20.3 Å². The summed E-state index contributed by atoms with van der Waals surface area (Å²) >= 11 is 0. The molecule has 0 saturated heterocycles. The van der Waals surface area contributed by atoms with Gasteiger partial charge in [0.05, 0.1) is 12.0 Å². The Bertz CT molecular complexity index is 332. The van der Waals surface area contributed by atoms with Crippen molar-refractivity contribution in [3.8, 4) is 0 Å². The van der Waals surface area contributed by atoms with Gasteiger partial charge in [-0.2, -0.15) is 0 Å². The third-order valence-electron chi connectivity index (χ3n) is 2.45. The third-order valence-corrected chi connectivity index (χ3v) is 2.45. The van der Waals surface area contributed by atoms with Gasteiger partial charge in [0.2, 0.25) is 0 Å². The number of hydrogen-bond donors (Lipinski definition) is 2. The van der Waals surface area contributed by atoms with Crippen LogP contribution in [0.4, 0.5) is 0 Å². The van der Waals surface area contributed by atoms with Crippen molar-refractivity contribution in [1.82, 2.24) is 15.0 Å². The summed E-state index contributed by atoms with van der Waals surface area (Å²) in [6.07, 6.45) is 2.37. The molecular weight excluding hydrogens is 180 g/mol. The molecule has 0 saturated carbocycles. The van der Waals surface area contributed by atoms with Crippen molar-refractivity contribution in [3.63, 3.8) is 0 Å². The molecule has 5 heteroatoms. The molecule has 1 aromatic rings. The Hall–Kier alpha value is -1.36. The summed E-state index contributed by atoms with van der Waals surface area (Å²) in [5.41, 5.74) is 4.10. The fourth-order valence-corrected chi connectivity index (χ4v) is 1.43. The lowest BCUT2D eigenvalue weighted by Gasteiger charge is -2.16. The van der Waals surface area contributed by atoms with Crippen molar-refractivity contribution >= 4 is 5.91 Å². The van der Waals surface area contributed by atoms with Crippen LogP contribution in [0.1, 0.15) is 30.8 Å². The van der Waals surface area contributed by atoms with Crippen LogP contribution >= 0.6 is 0 Å². The second-order valence-electron chi connectivity index (χ2n) is 3.26. The Balaban J connectivity index is 3.01. The number of nitrogens with two attached hydrogens (primary N) is 1. The van der Waals surface area contributed by atoms with Gasteiger partial charge >= 0.3 is 0 Å². The van der Waals surface area contributed by atoms with Crippen LogP contribution in [0, 0.1) is 13.8 Å². The lowest BCUT2D eigenvalue weighted by molar-refractivity contribution is -0.124. The standard InChI is InChI=1S/C9H16N4O/c1-4-8(9(14)12-10)13-5-11-6(2)7(13)3/h5,8H,4,10H2,1-3H3,(H,12,14). The molecule has 0 aliphatic heterocycles. The van der Waals surface area contributed by atoms with Gasteiger partial charge in [-0.25, -0.2) is 10.8 Å². The maximum atomic E-state index is 11.4. The van der Waals surface area contributed by atoms with Crippen LogP contribution in [0.3, 0.4) is 0 Å². The zero-order valence-electron chi connectivity index (χ0n) is 8.74. The number of nitrogens with one attached hydrogen (secondary N) is 1. The molecule has 14 heavy (non-hydrogen) atoms. The highest BCUT2D eigenvalue weighted by Gasteiger charge is 2.19. The van der Waals surface area contributed by atoms with Crippen molar-refractivity contribution in [3.05, 3.63) is 17.7 Å². The number of amides is 1. The molecule has 0 aliphatic rings. The molecule has 1 atom stereocenters. The van der Waals surface area contributed by atoms with Gasteiger partial charge in [0, 0.05) is 5.69 Å². The highest BCUT2D eigenvalue weighted by molar-refractivity contribution is 5.79. The predicted molar refractivity (Wildman–Crippen MR) is 53.4 cm³/mol. The van der Waals surface area contributed by atoms with Crippen LogP contribution in [-0.2, 0) is 4.79 Å². The van der Waals surface area contributed by atoms with E-state index >= 15 is 0 Å². The summed E-state index contributed by atoms with van der Waals surface area (Å²) in [7, 11) is 0. The quantitative estimate of drug-likeness (QED) is 0.418. The lowest BCUT2D eigenvalue weighted by Crippen LogP contribution is -2.37. The maximum absolute atomic E-state index is 11.4. The number of aryl methyl sites for hydroxylation is 1. The molecule has 1 aromatic heterocycles. The topological polar surface area (TPSA) is 72.9 Å². The van der Waals surface area contributed by atoms with E-state index in [2.05, 4.69) is 10.4 Å². The molecule has 0 aromatic carbocycles. The second kappa shape index (κ2) is 4.23. The highest BCUT2D eigenvalue weighted by Crippen LogP contribution is 2.15. The minimum Gasteiger partial charge on any atom is -0.322 e. The number of nitrogens with zero attached hydrogens (tertiary/aromatic N) is 2. The molecule has 0 aliphatic carbocycles. The molecule has 1 amide bonds. The van der Waals surface area contributed by atoms with E-state index < -0.39 is 0 Å².